The Kier molecular flexibility index (Phi) is 4.75. The first-order valence-electron chi connectivity index (χ1n) is 8.46. The number of para-hydroxylation sites is 2. The highest BCUT2D eigenvalue weighted by molar-refractivity contribution is 6.23. The van der Waals surface area contributed by atoms with E-state index in [1.165, 1.54) is 5.56 Å². The van der Waals surface area contributed by atoms with Crippen molar-refractivity contribution < 1.29 is 14.4 Å². The van der Waals surface area contributed by atoms with E-state index in [1.54, 1.807) is 31.2 Å². The highest BCUT2D eigenvalue weighted by Crippen LogP contribution is 2.28. The Labute approximate surface area is 152 Å². The summed E-state index contributed by atoms with van der Waals surface area (Å²) in [7, 11) is 0. The maximum Gasteiger partial charge on any atom is 0.329 e. The lowest BCUT2D eigenvalue weighted by atomic mass is 10.0. The predicted octanol–water partition coefficient (Wildman–Crippen LogP) is 2.93. The van der Waals surface area contributed by atoms with Gasteiger partial charge in [-0.2, -0.15) is 0 Å². The van der Waals surface area contributed by atoms with Gasteiger partial charge in [0.25, 0.3) is 5.91 Å². The lowest BCUT2D eigenvalue weighted by Crippen LogP contribution is -2.32. The molecule has 0 bridgehead atoms. The molecule has 26 heavy (non-hydrogen) atoms. The zero-order chi connectivity index (χ0) is 18.8. The summed E-state index contributed by atoms with van der Waals surface area (Å²) in [6, 6.07) is 11.6. The van der Waals surface area contributed by atoms with E-state index in [2.05, 4.69) is 10.6 Å². The van der Waals surface area contributed by atoms with Crippen LogP contribution in [0.1, 0.15) is 23.6 Å². The second-order valence-corrected chi connectivity index (χ2v) is 6.51. The molecule has 0 aliphatic carbocycles. The topological polar surface area (TPSA) is 78.5 Å². The number of hydrogen-bond acceptors (Lipinski definition) is 3. The third kappa shape index (κ3) is 3.44. The van der Waals surface area contributed by atoms with Gasteiger partial charge in [0.1, 0.15) is 6.04 Å². The van der Waals surface area contributed by atoms with Crippen LogP contribution in [0.25, 0.3) is 0 Å². The van der Waals surface area contributed by atoms with E-state index in [-0.39, 0.29) is 18.2 Å². The molecule has 3 rings (SSSR count). The summed E-state index contributed by atoms with van der Waals surface area (Å²) in [5, 5.41) is 5.38. The normalized spacial score (nSPS) is 16.6. The molecule has 134 valence electrons. The molecule has 0 spiro atoms. The van der Waals surface area contributed by atoms with Gasteiger partial charge in [0, 0.05) is 0 Å². The zero-order valence-corrected chi connectivity index (χ0v) is 15.0. The van der Waals surface area contributed by atoms with Gasteiger partial charge in [-0.1, -0.05) is 30.3 Å². The number of nitrogens with zero attached hydrogens (tertiary/aromatic N) is 1. The van der Waals surface area contributed by atoms with Crippen LogP contribution in [0.2, 0.25) is 0 Å². The lowest BCUT2D eigenvalue weighted by molar-refractivity contribution is -0.118. The van der Waals surface area contributed by atoms with Gasteiger partial charge in [0.2, 0.25) is 5.91 Å². The molecule has 2 aromatic rings. The van der Waals surface area contributed by atoms with Gasteiger partial charge in [-0.05, 0) is 49.6 Å². The molecule has 0 aromatic heterocycles. The molecule has 1 aliphatic rings. The highest BCUT2D eigenvalue weighted by atomic mass is 16.2. The van der Waals surface area contributed by atoms with Gasteiger partial charge in [0.05, 0.1) is 17.8 Å². The van der Waals surface area contributed by atoms with E-state index in [9.17, 15) is 14.4 Å². The number of amides is 4. The summed E-state index contributed by atoms with van der Waals surface area (Å²) in [6.07, 6.45) is 0.214. The third-order valence-corrected chi connectivity index (χ3v) is 4.49. The van der Waals surface area contributed by atoms with Crippen LogP contribution in [0.4, 0.5) is 16.2 Å². The van der Waals surface area contributed by atoms with Gasteiger partial charge in [-0.15, -0.1) is 0 Å². The number of nitrogens with one attached hydrogen (secondary N) is 2. The van der Waals surface area contributed by atoms with Gasteiger partial charge < -0.3 is 10.6 Å². The molecule has 0 radical (unpaired) electrons. The van der Waals surface area contributed by atoms with Crippen molar-refractivity contribution in [3.63, 3.8) is 0 Å². The van der Waals surface area contributed by atoms with Crippen molar-refractivity contribution in [3.8, 4) is 0 Å². The quantitative estimate of drug-likeness (QED) is 0.832. The maximum atomic E-state index is 12.5. The number of aryl methyl sites for hydroxylation is 2. The fourth-order valence-corrected chi connectivity index (χ4v) is 2.90. The van der Waals surface area contributed by atoms with E-state index < -0.39 is 12.1 Å². The Hall–Kier alpha value is -3.15. The lowest BCUT2D eigenvalue weighted by Gasteiger charge is -2.17. The molecular formula is C20H21N3O3. The number of benzene rings is 2. The minimum atomic E-state index is -0.582. The summed E-state index contributed by atoms with van der Waals surface area (Å²) >= 11 is 0. The van der Waals surface area contributed by atoms with Crippen LogP contribution in [-0.2, 0) is 16.0 Å². The molecule has 1 atom stereocenters. The van der Waals surface area contributed by atoms with Gasteiger partial charge in [-0.25, -0.2) is 9.69 Å². The van der Waals surface area contributed by atoms with Crippen LogP contribution in [0.3, 0.4) is 0 Å². The standard InChI is InChI=1S/C20H21N3O3/c1-12-8-9-15(10-13(12)2)11-18(24)22-16-6-4-5-7-17(16)23-19(25)14(3)21-20(23)26/h4-10,14H,11H2,1-3H3,(H,21,26)(H,22,24). The van der Waals surface area contributed by atoms with Crippen molar-refractivity contribution in [1.29, 1.82) is 0 Å². The van der Waals surface area contributed by atoms with Crippen LogP contribution in [-0.4, -0.2) is 23.9 Å². The molecule has 1 heterocycles. The summed E-state index contributed by atoms with van der Waals surface area (Å²) in [5.74, 6) is -0.549. The Morgan fingerprint density at radius 1 is 1.12 bits per heavy atom. The highest BCUT2D eigenvalue weighted by Gasteiger charge is 2.37. The van der Waals surface area contributed by atoms with Crippen LogP contribution < -0.4 is 15.5 Å². The summed E-state index contributed by atoms with van der Waals surface area (Å²) < 4.78 is 0. The molecule has 2 aromatic carbocycles. The monoisotopic (exact) mass is 351 g/mol. The van der Waals surface area contributed by atoms with Crippen molar-refractivity contribution in [2.24, 2.45) is 0 Å². The van der Waals surface area contributed by atoms with E-state index >= 15 is 0 Å². The molecule has 6 nitrogen and oxygen atoms in total. The number of anilines is 2. The van der Waals surface area contributed by atoms with E-state index in [1.807, 2.05) is 32.0 Å². The van der Waals surface area contributed by atoms with Gasteiger partial charge >= 0.3 is 6.03 Å². The average molecular weight is 351 g/mol. The molecule has 6 heteroatoms. The van der Waals surface area contributed by atoms with Crippen molar-refractivity contribution >= 4 is 29.2 Å². The fourth-order valence-electron chi connectivity index (χ4n) is 2.90. The van der Waals surface area contributed by atoms with Crippen LogP contribution in [0.5, 0.6) is 0 Å². The van der Waals surface area contributed by atoms with Crippen molar-refractivity contribution in [3.05, 3.63) is 59.2 Å². The minimum absolute atomic E-state index is 0.208. The van der Waals surface area contributed by atoms with E-state index in [0.717, 1.165) is 16.0 Å². The minimum Gasteiger partial charge on any atom is -0.326 e. The fraction of sp³-hybridized carbons (Fsp3) is 0.250. The molecule has 1 unspecified atom stereocenters. The number of hydrogen-bond donors (Lipinski definition) is 2. The molecule has 1 aliphatic heterocycles. The second-order valence-electron chi connectivity index (χ2n) is 6.51. The molecule has 1 saturated heterocycles. The Bertz CT molecular complexity index is 892. The first kappa shape index (κ1) is 17.7. The summed E-state index contributed by atoms with van der Waals surface area (Å²) in [6.45, 7) is 5.65. The van der Waals surface area contributed by atoms with Crippen molar-refractivity contribution in [2.45, 2.75) is 33.2 Å². The predicted molar refractivity (Wildman–Crippen MR) is 100 cm³/mol. The zero-order valence-electron chi connectivity index (χ0n) is 15.0. The average Bonchev–Trinajstić information content (AvgIpc) is 2.84. The van der Waals surface area contributed by atoms with Gasteiger partial charge in [0.15, 0.2) is 0 Å². The second kappa shape index (κ2) is 7.00. The molecular weight excluding hydrogens is 330 g/mol. The number of urea groups is 1. The van der Waals surface area contributed by atoms with Crippen molar-refractivity contribution in [1.82, 2.24) is 5.32 Å². The Balaban J connectivity index is 1.80. The van der Waals surface area contributed by atoms with Crippen LogP contribution in [0, 0.1) is 13.8 Å². The first-order valence-corrected chi connectivity index (χ1v) is 8.46. The smallest absolute Gasteiger partial charge is 0.326 e. The number of imide groups is 1. The Morgan fingerprint density at radius 2 is 1.85 bits per heavy atom. The summed E-state index contributed by atoms with van der Waals surface area (Å²) in [4.78, 5) is 37.8. The maximum absolute atomic E-state index is 12.5. The molecule has 4 amide bonds. The molecule has 1 fully saturated rings. The van der Waals surface area contributed by atoms with E-state index in [0.29, 0.717) is 11.4 Å². The number of rotatable bonds is 4. The number of carbonyl (C=O) groups excluding carboxylic acids is 3. The first-order chi connectivity index (χ1) is 12.4. The van der Waals surface area contributed by atoms with Crippen LogP contribution in [0.15, 0.2) is 42.5 Å². The summed E-state index contributed by atoms with van der Waals surface area (Å²) in [5.41, 5.74) is 4.01. The Morgan fingerprint density at radius 3 is 2.50 bits per heavy atom. The number of carbonyl (C=O) groups is 3. The molecule has 2 N–H and O–H groups in total. The third-order valence-electron chi connectivity index (χ3n) is 4.49. The van der Waals surface area contributed by atoms with Gasteiger partial charge in [-0.3, -0.25) is 9.59 Å². The van der Waals surface area contributed by atoms with E-state index in [4.69, 9.17) is 0 Å². The molecule has 0 saturated carbocycles. The van der Waals surface area contributed by atoms with Crippen molar-refractivity contribution in [2.75, 3.05) is 10.2 Å². The van der Waals surface area contributed by atoms with Crippen LogP contribution >= 0.6 is 0 Å². The SMILES string of the molecule is Cc1ccc(CC(=O)Nc2ccccc2N2C(=O)NC(C)C2=O)cc1C. The largest absolute Gasteiger partial charge is 0.329 e.